The van der Waals surface area contributed by atoms with Crippen molar-refractivity contribution in [2.45, 2.75) is 6.92 Å². The molecule has 0 N–H and O–H groups in total. The Morgan fingerprint density at radius 3 is 2.63 bits per heavy atom. The van der Waals surface area contributed by atoms with Crippen molar-refractivity contribution in [3.05, 3.63) is 63.9 Å². The van der Waals surface area contributed by atoms with E-state index < -0.39 is 5.82 Å². The van der Waals surface area contributed by atoms with E-state index in [0.29, 0.717) is 21.9 Å². The minimum absolute atomic E-state index is 0.188. The Kier molecular flexibility index (Phi) is 3.86. The van der Waals surface area contributed by atoms with Gasteiger partial charge in [0, 0.05) is 10.6 Å². The third kappa shape index (κ3) is 2.61. The zero-order valence-electron chi connectivity index (χ0n) is 10.5. The Hall–Kier alpha value is -1.87. The van der Waals surface area contributed by atoms with Crippen molar-refractivity contribution in [2.24, 2.45) is 0 Å². The summed E-state index contributed by atoms with van der Waals surface area (Å²) in [7, 11) is 1.44. The van der Waals surface area contributed by atoms with Gasteiger partial charge in [0.2, 0.25) is 0 Å². The van der Waals surface area contributed by atoms with Gasteiger partial charge in [0.25, 0.3) is 0 Å². The van der Waals surface area contributed by atoms with Gasteiger partial charge < -0.3 is 4.74 Å². The summed E-state index contributed by atoms with van der Waals surface area (Å²) < 4.78 is 18.4. The van der Waals surface area contributed by atoms with E-state index in [4.69, 9.17) is 16.3 Å². The zero-order chi connectivity index (χ0) is 14.0. The molecule has 0 spiro atoms. The molecule has 19 heavy (non-hydrogen) atoms. The fourth-order valence-corrected chi connectivity index (χ4v) is 2.03. The van der Waals surface area contributed by atoms with Gasteiger partial charge >= 0.3 is 0 Å². The Morgan fingerprint density at radius 2 is 1.95 bits per heavy atom. The number of halogens is 2. The van der Waals surface area contributed by atoms with Gasteiger partial charge in [0.15, 0.2) is 5.78 Å². The van der Waals surface area contributed by atoms with Gasteiger partial charge in [-0.15, -0.1) is 0 Å². The largest absolute Gasteiger partial charge is 0.496 e. The van der Waals surface area contributed by atoms with Crippen molar-refractivity contribution in [3.63, 3.8) is 0 Å². The SMILES string of the molecule is COc1ccc(F)cc1C(=O)c1cccc(Cl)c1C. The highest BCUT2D eigenvalue weighted by Crippen LogP contribution is 2.26. The number of ketones is 1. The number of benzene rings is 2. The second kappa shape index (κ2) is 5.41. The van der Waals surface area contributed by atoms with Crippen molar-refractivity contribution >= 4 is 17.4 Å². The summed E-state index contributed by atoms with van der Waals surface area (Å²) in [4.78, 5) is 12.4. The van der Waals surface area contributed by atoms with E-state index in [1.807, 2.05) is 0 Å². The average molecular weight is 279 g/mol. The fourth-order valence-electron chi connectivity index (χ4n) is 1.86. The van der Waals surface area contributed by atoms with Gasteiger partial charge in [-0.2, -0.15) is 0 Å². The van der Waals surface area contributed by atoms with Crippen molar-refractivity contribution in [3.8, 4) is 5.75 Å². The molecular weight excluding hydrogens is 267 g/mol. The van der Waals surface area contributed by atoms with Crippen LogP contribution in [0.25, 0.3) is 0 Å². The number of carbonyl (C=O) groups is 1. The molecule has 0 aromatic heterocycles. The molecule has 0 aliphatic carbocycles. The second-order valence-corrected chi connectivity index (χ2v) is 4.49. The van der Waals surface area contributed by atoms with Crippen LogP contribution in [0.2, 0.25) is 5.02 Å². The predicted octanol–water partition coefficient (Wildman–Crippen LogP) is 4.03. The molecule has 2 aromatic carbocycles. The molecule has 2 rings (SSSR count). The van der Waals surface area contributed by atoms with Crippen LogP contribution in [0.15, 0.2) is 36.4 Å². The minimum Gasteiger partial charge on any atom is -0.496 e. The first kappa shape index (κ1) is 13.6. The highest BCUT2D eigenvalue weighted by atomic mass is 35.5. The molecule has 0 unspecified atom stereocenters. The van der Waals surface area contributed by atoms with E-state index in [1.54, 1.807) is 25.1 Å². The molecule has 0 saturated carbocycles. The smallest absolute Gasteiger partial charge is 0.197 e. The topological polar surface area (TPSA) is 26.3 Å². The highest BCUT2D eigenvalue weighted by Gasteiger charge is 2.18. The first-order valence-corrected chi connectivity index (χ1v) is 6.05. The molecule has 0 aliphatic heterocycles. The molecule has 0 amide bonds. The number of ether oxygens (including phenoxy) is 1. The van der Waals surface area contributed by atoms with Crippen LogP contribution in [0.3, 0.4) is 0 Å². The zero-order valence-corrected chi connectivity index (χ0v) is 11.3. The van der Waals surface area contributed by atoms with E-state index in [-0.39, 0.29) is 11.3 Å². The van der Waals surface area contributed by atoms with Crippen LogP contribution in [0, 0.1) is 12.7 Å². The Balaban J connectivity index is 2.56. The number of carbonyl (C=O) groups excluding carboxylic acids is 1. The van der Waals surface area contributed by atoms with Crippen molar-refractivity contribution in [2.75, 3.05) is 7.11 Å². The number of hydrogen-bond donors (Lipinski definition) is 0. The quantitative estimate of drug-likeness (QED) is 0.793. The maximum Gasteiger partial charge on any atom is 0.197 e. The molecular formula is C15H12ClFO2. The van der Waals surface area contributed by atoms with Crippen LogP contribution >= 0.6 is 11.6 Å². The van der Waals surface area contributed by atoms with Gasteiger partial charge in [-0.25, -0.2) is 4.39 Å². The molecule has 2 aromatic rings. The summed E-state index contributed by atoms with van der Waals surface area (Å²) in [5, 5.41) is 0.501. The lowest BCUT2D eigenvalue weighted by Crippen LogP contribution is -2.06. The lowest BCUT2D eigenvalue weighted by atomic mass is 9.98. The summed E-state index contributed by atoms with van der Waals surface area (Å²) in [5.41, 5.74) is 1.30. The monoisotopic (exact) mass is 278 g/mol. The first-order chi connectivity index (χ1) is 9.04. The Labute approximate surface area is 115 Å². The Bertz CT molecular complexity index is 638. The van der Waals surface area contributed by atoms with Gasteiger partial charge in [-0.3, -0.25) is 4.79 Å². The van der Waals surface area contributed by atoms with Crippen LogP contribution in [-0.2, 0) is 0 Å². The van der Waals surface area contributed by atoms with Crippen molar-refractivity contribution < 1.29 is 13.9 Å². The maximum absolute atomic E-state index is 13.3. The van der Waals surface area contributed by atoms with Gasteiger partial charge in [0.1, 0.15) is 11.6 Å². The van der Waals surface area contributed by atoms with E-state index in [0.717, 1.165) is 0 Å². The van der Waals surface area contributed by atoms with Crippen LogP contribution in [0.1, 0.15) is 21.5 Å². The van der Waals surface area contributed by atoms with Gasteiger partial charge in [0.05, 0.1) is 12.7 Å². The highest BCUT2D eigenvalue weighted by molar-refractivity contribution is 6.32. The van der Waals surface area contributed by atoms with E-state index in [9.17, 15) is 9.18 Å². The molecule has 0 heterocycles. The van der Waals surface area contributed by atoms with Gasteiger partial charge in [-0.1, -0.05) is 23.7 Å². The van der Waals surface area contributed by atoms with Crippen LogP contribution in [0.4, 0.5) is 4.39 Å². The third-order valence-electron chi connectivity index (χ3n) is 2.92. The molecule has 0 atom stereocenters. The first-order valence-electron chi connectivity index (χ1n) is 5.68. The molecule has 0 fully saturated rings. The van der Waals surface area contributed by atoms with Crippen LogP contribution in [0.5, 0.6) is 5.75 Å². The summed E-state index contributed by atoms with van der Waals surface area (Å²) in [6, 6.07) is 8.91. The summed E-state index contributed by atoms with van der Waals surface area (Å²) >= 11 is 5.99. The standard InChI is InChI=1S/C15H12ClFO2/c1-9-11(4-3-5-13(9)16)15(18)12-8-10(17)6-7-14(12)19-2/h3-8H,1-2H3. The number of hydrogen-bond acceptors (Lipinski definition) is 2. The van der Waals surface area contributed by atoms with Crippen LogP contribution in [-0.4, -0.2) is 12.9 Å². The molecule has 0 saturated heterocycles. The lowest BCUT2D eigenvalue weighted by Gasteiger charge is -2.10. The normalized spacial score (nSPS) is 10.3. The Morgan fingerprint density at radius 1 is 1.21 bits per heavy atom. The molecule has 0 bridgehead atoms. The molecule has 0 radical (unpaired) electrons. The molecule has 98 valence electrons. The fraction of sp³-hybridized carbons (Fsp3) is 0.133. The molecule has 0 aliphatic rings. The van der Waals surface area contributed by atoms with E-state index in [2.05, 4.69) is 0 Å². The van der Waals surface area contributed by atoms with Crippen LogP contribution < -0.4 is 4.74 Å². The van der Waals surface area contributed by atoms with Crippen molar-refractivity contribution in [1.29, 1.82) is 0 Å². The summed E-state index contributed by atoms with van der Waals surface area (Å²) in [6.07, 6.45) is 0. The number of methoxy groups -OCH3 is 1. The maximum atomic E-state index is 13.3. The number of rotatable bonds is 3. The lowest BCUT2D eigenvalue weighted by molar-refractivity contribution is 0.103. The van der Waals surface area contributed by atoms with Crippen molar-refractivity contribution in [1.82, 2.24) is 0 Å². The predicted molar refractivity (Wildman–Crippen MR) is 72.6 cm³/mol. The third-order valence-corrected chi connectivity index (χ3v) is 3.33. The molecule has 4 heteroatoms. The van der Waals surface area contributed by atoms with Gasteiger partial charge in [-0.05, 0) is 36.8 Å². The van der Waals surface area contributed by atoms with E-state index in [1.165, 1.54) is 25.3 Å². The molecule has 2 nitrogen and oxygen atoms in total. The summed E-state index contributed by atoms with van der Waals surface area (Å²) in [6.45, 7) is 1.75. The minimum atomic E-state index is -0.483. The average Bonchev–Trinajstić information content (AvgIpc) is 2.41. The summed E-state index contributed by atoms with van der Waals surface area (Å²) in [5.74, 6) is -0.453. The second-order valence-electron chi connectivity index (χ2n) is 4.09. The van der Waals surface area contributed by atoms with E-state index >= 15 is 0 Å².